The molecule has 2 aromatic rings. The lowest BCUT2D eigenvalue weighted by molar-refractivity contribution is 0.407. The molecule has 0 aliphatic carbocycles. The molecule has 3 rings (SSSR count). The highest BCUT2D eigenvalue weighted by molar-refractivity contribution is 7.77. The second-order valence-corrected chi connectivity index (χ2v) is 6.12. The van der Waals surface area contributed by atoms with Crippen molar-refractivity contribution in [2.45, 2.75) is 11.8 Å². The van der Waals surface area contributed by atoms with Crippen LogP contribution in [0.1, 0.15) is 17.5 Å². The van der Waals surface area contributed by atoms with E-state index >= 15 is 0 Å². The average molecular weight is 294 g/mol. The van der Waals surface area contributed by atoms with E-state index < -0.39 is 5.41 Å². The van der Waals surface area contributed by atoms with Crippen molar-refractivity contribution >= 4 is 12.8 Å². The largest absolute Gasteiger partial charge is 0.253 e. The smallest absolute Gasteiger partial charge is 0.111 e. The maximum atomic E-state index is 10.1. The van der Waals surface area contributed by atoms with Crippen molar-refractivity contribution in [1.82, 2.24) is 4.31 Å². The Balaban J connectivity index is 2.17. The summed E-state index contributed by atoms with van der Waals surface area (Å²) >= 11 is 4.47. The lowest BCUT2D eigenvalue weighted by Crippen LogP contribution is -2.36. The summed E-state index contributed by atoms with van der Waals surface area (Å²) in [6.45, 7) is 1.76. The van der Waals surface area contributed by atoms with Gasteiger partial charge in [0.2, 0.25) is 0 Å². The predicted molar refractivity (Wildman–Crippen MR) is 87.9 cm³/mol. The van der Waals surface area contributed by atoms with Crippen molar-refractivity contribution in [1.29, 1.82) is 5.26 Å². The monoisotopic (exact) mass is 294 g/mol. The second kappa shape index (κ2) is 5.93. The predicted octanol–water partition coefficient (Wildman–Crippen LogP) is 3.66. The van der Waals surface area contributed by atoms with E-state index in [-0.39, 0.29) is 5.92 Å². The number of nitriles is 1. The molecule has 0 saturated carbocycles. The molecule has 0 unspecified atom stereocenters. The number of thiol groups is 1. The Morgan fingerprint density at radius 1 is 1.00 bits per heavy atom. The van der Waals surface area contributed by atoms with Gasteiger partial charge in [-0.15, -0.1) is 0 Å². The quantitative estimate of drug-likeness (QED) is 0.875. The molecule has 1 heterocycles. The molecule has 21 heavy (non-hydrogen) atoms. The molecule has 2 aromatic carbocycles. The minimum Gasteiger partial charge on any atom is -0.253 e. The molecule has 1 fully saturated rings. The van der Waals surface area contributed by atoms with Crippen molar-refractivity contribution in [2.24, 2.45) is 5.92 Å². The van der Waals surface area contributed by atoms with Gasteiger partial charge in [-0.3, -0.25) is 4.31 Å². The molecule has 0 N–H and O–H groups in total. The molecule has 0 radical (unpaired) electrons. The number of hydrogen-bond donors (Lipinski definition) is 1. The van der Waals surface area contributed by atoms with Gasteiger partial charge in [0.1, 0.15) is 5.41 Å². The van der Waals surface area contributed by atoms with Crippen molar-refractivity contribution in [3.8, 4) is 6.07 Å². The first-order valence-corrected chi connectivity index (χ1v) is 7.63. The van der Waals surface area contributed by atoms with Crippen LogP contribution < -0.4 is 0 Å². The van der Waals surface area contributed by atoms with E-state index in [1.807, 2.05) is 40.7 Å². The molecule has 106 valence electrons. The molecular formula is C18H18N2S. The molecule has 0 bridgehead atoms. The highest BCUT2D eigenvalue weighted by Gasteiger charge is 2.45. The highest BCUT2D eigenvalue weighted by atomic mass is 32.1. The van der Waals surface area contributed by atoms with Crippen molar-refractivity contribution in [3.05, 3.63) is 71.8 Å². The molecule has 1 aliphatic rings. The third kappa shape index (κ3) is 2.46. The second-order valence-electron chi connectivity index (χ2n) is 5.55. The van der Waals surface area contributed by atoms with Crippen molar-refractivity contribution in [3.63, 3.8) is 0 Å². The van der Waals surface area contributed by atoms with Crippen LogP contribution in [-0.2, 0) is 5.41 Å². The first-order chi connectivity index (χ1) is 10.3. The molecule has 0 aromatic heterocycles. The normalized spacial score (nSPS) is 19.3. The molecule has 2 nitrogen and oxygen atoms in total. The van der Waals surface area contributed by atoms with Gasteiger partial charge in [-0.05, 0) is 17.5 Å². The van der Waals surface area contributed by atoms with E-state index in [9.17, 15) is 5.26 Å². The van der Waals surface area contributed by atoms with Crippen LogP contribution in [0.2, 0.25) is 0 Å². The van der Waals surface area contributed by atoms with E-state index in [2.05, 4.69) is 43.1 Å². The molecular weight excluding hydrogens is 276 g/mol. The zero-order chi connectivity index (χ0) is 14.7. The van der Waals surface area contributed by atoms with Gasteiger partial charge in [0.05, 0.1) is 6.07 Å². The van der Waals surface area contributed by atoms with Gasteiger partial charge < -0.3 is 0 Å². The van der Waals surface area contributed by atoms with Crippen LogP contribution in [0.4, 0.5) is 0 Å². The van der Waals surface area contributed by atoms with Gasteiger partial charge in [-0.25, -0.2) is 0 Å². The minimum atomic E-state index is -0.597. The summed E-state index contributed by atoms with van der Waals surface area (Å²) in [6, 6.07) is 23.0. The lowest BCUT2D eigenvalue weighted by Gasteiger charge is -2.33. The number of hydrogen-bond acceptors (Lipinski definition) is 3. The topological polar surface area (TPSA) is 27.0 Å². The Morgan fingerprint density at radius 3 is 1.90 bits per heavy atom. The maximum absolute atomic E-state index is 10.1. The highest BCUT2D eigenvalue weighted by Crippen LogP contribution is 2.43. The Labute approximate surface area is 131 Å². The summed E-state index contributed by atoms with van der Waals surface area (Å²) in [5.74, 6) is 0.254. The first-order valence-electron chi connectivity index (χ1n) is 7.23. The number of nitrogens with zero attached hydrogens (tertiary/aromatic N) is 2. The van der Waals surface area contributed by atoms with Crippen LogP contribution in [0.15, 0.2) is 60.7 Å². The van der Waals surface area contributed by atoms with Crippen LogP contribution in [-0.4, -0.2) is 17.4 Å². The van der Waals surface area contributed by atoms with Gasteiger partial charge in [0.25, 0.3) is 0 Å². The third-order valence-electron chi connectivity index (χ3n) is 4.41. The van der Waals surface area contributed by atoms with E-state index in [0.717, 1.165) is 30.6 Å². The van der Waals surface area contributed by atoms with Crippen LogP contribution in [0.5, 0.6) is 0 Å². The molecule has 1 atom stereocenters. The lowest BCUT2D eigenvalue weighted by atomic mass is 9.66. The van der Waals surface area contributed by atoms with Gasteiger partial charge in [-0.1, -0.05) is 73.5 Å². The molecule has 1 aliphatic heterocycles. The van der Waals surface area contributed by atoms with Crippen LogP contribution in [0.3, 0.4) is 0 Å². The fourth-order valence-electron chi connectivity index (χ4n) is 3.36. The van der Waals surface area contributed by atoms with Crippen LogP contribution in [0, 0.1) is 17.2 Å². The standard InChI is InChI=1S/C18H18N2S/c19-14-18(15-7-3-1-4-8-15,16-9-5-2-6-10-16)17-11-12-20(21)13-17/h1-10,17,21H,11-13H2/t17-/m1/s1. The minimum absolute atomic E-state index is 0.254. The summed E-state index contributed by atoms with van der Waals surface area (Å²) in [5, 5.41) is 10.1. The fraction of sp³-hybridized carbons (Fsp3) is 0.278. The average Bonchev–Trinajstić information content (AvgIpc) is 2.98. The summed E-state index contributed by atoms with van der Waals surface area (Å²) in [7, 11) is 0. The Bertz CT molecular complexity index is 594. The zero-order valence-corrected chi connectivity index (χ0v) is 12.7. The Morgan fingerprint density at radius 2 is 1.52 bits per heavy atom. The van der Waals surface area contributed by atoms with Crippen LogP contribution >= 0.6 is 12.8 Å². The van der Waals surface area contributed by atoms with Gasteiger partial charge in [0, 0.05) is 19.0 Å². The van der Waals surface area contributed by atoms with E-state index in [1.165, 1.54) is 0 Å². The van der Waals surface area contributed by atoms with Crippen molar-refractivity contribution in [2.75, 3.05) is 13.1 Å². The molecule has 3 heteroatoms. The zero-order valence-electron chi connectivity index (χ0n) is 11.8. The Kier molecular flexibility index (Phi) is 4.01. The van der Waals surface area contributed by atoms with E-state index in [1.54, 1.807) is 0 Å². The molecule has 0 amide bonds. The summed E-state index contributed by atoms with van der Waals surface area (Å²) in [4.78, 5) is 0. The SMILES string of the molecule is N#CC(c1ccccc1)(c1ccccc1)[C@@H]1CCN(S)C1. The van der Waals surface area contributed by atoms with E-state index in [4.69, 9.17) is 0 Å². The number of rotatable bonds is 3. The number of benzene rings is 2. The molecule has 0 spiro atoms. The molecule has 1 saturated heterocycles. The fourth-order valence-corrected chi connectivity index (χ4v) is 3.67. The first kappa shape index (κ1) is 14.2. The third-order valence-corrected chi connectivity index (χ3v) is 4.78. The van der Waals surface area contributed by atoms with E-state index in [0.29, 0.717) is 0 Å². The van der Waals surface area contributed by atoms with Crippen molar-refractivity contribution < 1.29 is 0 Å². The summed E-state index contributed by atoms with van der Waals surface area (Å²) in [6.07, 6.45) is 0.987. The van der Waals surface area contributed by atoms with Gasteiger partial charge in [-0.2, -0.15) is 5.26 Å². The van der Waals surface area contributed by atoms with Gasteiger partial charge >= 0.3 is 0 Å². The maximum Gasteiger partial charge on any atom is 0.111 e. The Hall–Kier alpha value is -1.76. The summed E-state index contributed by atoms with van der Waals surface area (Å²) in [5.41, 5.74) is 1.56. The van der Waals surface area contributed by atoms with Gasteiger partial charge in [0.15, 0.2) is 0 Å². The summed E-state index contributed by atoms with van der Waals surface area (Å²) < 4.78 is 2.02. The van der Waals surface area contributed by atoms with Crippen LogP contribution in [0.25, 0.3) is 0 Å².